The van der Waals surface area contributed by atoms with Crippen molar-refractivity contribution in [1.29, 1.82) is 0 Å². The van der Waals surface area contributed by atoms with Gasteiger partial charge in [-0.1, -0.05) is 140 Å². The van der Waals surface area contributed by atoms with Gasteiger partial charge in [-0.15, -0.1) is 0 Å². The molecule has 270 valence electrons. The maximum absolute atomic E-state index is 6.63. The van der Waals surface area contributed by atoms with Gasteiger partial charge in [0.05, 0.1) is 16.6 Å². The van der Waals surface area contributed by atoms with E-state index in [0.29, 0.717) is 0 Å². The minimum atomic E-state index is 0.924. The maximum Gasteiger partial charge on any atom is 0.136 e. The van der Waals surface area contributed by atoms with E-state index in [1.54, 1.807) is 0 Å². The van der Waals surface area contributed by atoms with Crippen LogP contribution in [0.15, 0.2) is 193 Å². The van der Waals surface area contributed by atoms with Crippen molar-refractivity contribution in [2.75, 3.05) is 0 Å². The van der Waals surface area contributed by atoms with Gasteiger partial charge in [0.25, 0.3) is 0 Å². The summed E-state index contributed by atoms with van der Waals surface area (Å²) in [4.78, 5) is 0. The second-order valence-corrected chi connectivity index (χ2v) is 16.0. The molecule has 12 aromatic rings. The Kier molecular flexibility index (Phi) is 6.59. The topological polar surface area (TPSA) is 17.6 Å². The van der Waals surface area contributed by atoms with Gasteiger partial charge in [-0.05, 0) is 127 Å². The number of rotatable bonds is 4. The third-order valence-corrected chi connectivity index (χ3v) is 12.7. The van der Waals surface area contributed by atoms with Crippen molar-refractivity contribution in [3.05, 3.63) is 194 Å². The molecule has 0 fully saturated rings. The number of hydrogen-bond acceptors (Lipinski definition) is 1. The highest BCUT2D eigenvalue weighted by Gasteiger charge is 2.24. The Labute approximate surface area is 334 Å². The van der Waals surface area contributed by atoms with Crippen LogP contribution < -0.4 is 0 Å². The van der Waals surface area contributed by atoms with Gasteiger partial charge >= 0.3 is 0 Å². The summed E-state index contributed by atoms with van der Waals surface area (Å²) in [5.41, 5.74) is 15.6. The summed E-state index contributed by atoms with van der Waals surface area (Å²) in [6.45, 7) is 0. The second kappa shape index (κ2) is 12.0. The Hall–Kier alpha value is -7.42. The number of allylic oxidation sites excluding steroid dienone is 4. The monoisotopic (exact) mass is 737 g/mol. The van der Waals surface area contributed by atoms with Crippen LogP contribution in [0.4, 0.5) is 0 Å². The average Bonchev–Trinajstić information content (AvgIpc) is 3.93. The number of nitrogens with zero attached hydrogens (tertiary/aromatic N) is 1. The van der Waals surface area contributed by atoms with Crippen LogP contribution in [-0.4, -0.2) is 4.40 Å². The van der Waals surface area contributed by atoms with E-state index in [1.165, 1.54) is 110 Å². The lowest BCUT2D eigenvalue weighted by Crippen LogP contribution is -1.88. The fourth-order valence-corrected chi connectivity index (χ4v) is 9.87. The second-order valence-electron chi connectivity index (χ2n) is 16.0. The highest BCUT2D eigenvalue weighted by molar-refractivity contribution is 6.36. The molecule has 0 aliphatic heterocycles. The number of benzene rings is 9. The van der Waals surface area contributed by atoms with E-state index in [0.717, 1.165) is 29.4 Å². The summed E-state index contributed by atoms with van der Waals surface area (Å²) >= 11 is 0. The van der Waals surface area contributed by atoms with Gasteiger partial charge in [-0.3, -0.25) is 0 Å². The highest BCUT2D eigenvalue weighted by Crippen LogP contribution is 2.47. The molecule has 0 N–H and O–H groups in total. The predicted octanol–water partition coefficient (Wildman–Crippen LogP) is 15.8. The van der Waals surface area contributed by atoms with Crippen molar-refractivity contribution in [3.63, 3.8) is 0 Å². The van der Waals surface area contributed by atoms with Crippen LogP contribution in [0.2, 0.25) is 0 Å². The molecule has 9 aromatic carbocycles. The van der Waals surface area contributed by atoms with Crippen molar-refractivity contribution in [3.8, 4) is 33.4 Å². The Morgan fingerprint density at radius 3 is 1.67 bits per heavy atom. The van der Waals surface area contributed by atoms with Crippen LogP contribution in [0.3, 0.4) is 0 Å². The normalized spacial score (nSPS) is 13.4. The van der Waals surface area contributed by atoms with E-state index >= 15 is 0 Å². The number of hydrogen-bond donors (Lipinski definition) is 0. The Bertz CT molecular complexity index is 3690. The van der Waals surface area contributed by atoms with Crippen molar-refractivity contribution in [2.24, 2.45) is 0 Å². The Balaban J connectivity index is 1.03. The molecule has 2 nitrogen and oxygen atoms in total. The van der Waals surface area contributed by atoms with Crippen molar-refractivity contribution in [2.45, 2.75) is 12.8 Å². The van der Waals surface area contributed by atoms with Gasteiger partial charge in [-0.2, -0.15) is 0 Å². The first kappa shape index (κ1) is 31.7. The van der Waals surface area contributed by atoms with Crippen LogP contribution in [-0.2, 0) is 0 Å². The van der Waals surface area contributed by atoms with Crippen molar-refractivity contribution >= 4 is 87.2 Å². The lowest BCUT2D eigenvalue weighted by atomic mass is 9.94. The summed E-state index contributed by atoms with van der Waals surface area (Å²) in [7, 11) is 0. The molecule has 0 amide bonds. The van der Waals surface area contributed by atoms with Gasteiger partial charge in [0, 0.05) is 32.3 Å². The van der Waals surface area contributed by atoms with Crippen LogP contribution >= 0.6 is 0 Å². The molecule has 58 heavy (non-hydrogen) atoms. The maximum atomic E-state index is 6.63. The summed E-state index contributed by atoms with van der Waals surface area (Å²) in [6, 6.07) is 62.9. The molecule has 0 saturated heterocycles. The molecule has 0 saturated carbocycles. The molecule has 0 radical (unpaired) electrons. The van der Waals surface area contributed by atoms with Gasteiger partial charge < -0.3 is 8.82 Å². The zero-order valence-corrected chi connectivity index (χ0v) is 31.7. The van der Waals surface area contributed by atoms with E-state index in [-0.39, 0.29) is 0 Å². The SMILES string of the molecule is C1=CCCC(c2ccc(-c3ccc4cc5c6cc7oc8ccccc8c7c7c8cc9ccc(-c%10ccc(-c%11ccccc%11)cc%10)cc9cc8n(c5cc4c3)c67)cc2)=C1. The lowest BCUT2D eigenvalue weighted by molar-refractivity contribution is 0.669. The van der Waals surface area contributed by atoms with Gasteiger partial charge in [0.1, 0.15) is 11.2 Å². The summed E-state index contributed by atoms with van der Waals surface area (Å²) < 4.78 is 9.16. The summed E-state index contributed by atoms with van der Waals surface area (Å²) in [5, 5.41) is 12.3. The minimum Gasteiger partial charge on any atom is -0.456 e. The quantitative estimate of drug-likeness (QED) is 0.176. The van der Waals surface area contributed by atoms with E-state index in [4.69, 9.17) is 4.42 Å². The average molecular weight is 738 g/mol. The summed E-state index contributed by atoms with van der Waals surface area (Å²) in [6.07, 6.45) is 8.89. The Morgan fingerprint density at radius 1 is 0.397 bits per heavy atom. The molecule has 0 bridgehead atoms. The fraction of sp³-hybridized carbons (Fsp3) is 0.0357. The zero-order chi connectivity index (χ0) is 37.9. The summed E-state index contributed by atoms with van der Waals surface area (Å²) in [5.74, 6) is 0. The largest absolute Gasteiger partial charge is 0.456 e. The molecular formula is C56H35NO. The number of para-hydroxylation sites is 1. The third-order valence-electron chi connectivity index (χ3n) is 12.7. The van der Waals surface area contributed by atoms with Gasteiger partial charge in [0.15, 0.2) is 0 Å². The molecule has 0 atom stereocenters. The Morgan fingerprint density at radius 2 is 0.983 bits per heavy atom. The first-order chi connectivity index (χ1) is 28.7. The smallest absolute Gasteiger partial charge is 0.136 e. The minimum absolute atomic E-state index is 0.924. The van der Waals surface area contributed by atoms with Crippen LogP contribution in [0.1, 0.15) is 18.4 Å². The number of furan rings is 1. The predicted molar refractivity (Wildman–Crippen MR) is 246 cm³/mol. The molecule has 1 aliphatic carbocycles. The molecule has 0 spiro atoms. The first-order valence-corrected chi connectivity index (χ1v) is 20.3. The standard InChI is InChI=1S/C56H35NO/c1-3-9-34(10-4-1)36-15-19-38(20-16-36)40-23-25-42-29-47-48-33-53-54(46-13-7-8-14-52(46)58-53)55-49-30-43-26-24-41(39-21-17-37(18-22-39)35-11-5-2-6-12-35)28-45(43)32-51(49)57(56(48)55)50(47)31-44(42)27-40/h1-3,5-9,11-33H,4,10H2. The van der Waals surface area contributed by atoms with Crippen LogP contribution in [0, 0.1) is 0 Å². The van der Waals surface area contributed by atoms with Crippen LogP contribution in [0.5, 0.6) is 0 Å². The van der Waals surface area contributed by atoms with E-state index in [9.17, 15) is 0 Å². The molecule has 0 unspecified atom stereocenters. The van der Waals surface area contributed by atoms with Gasteiger partial charge in [0.2, 0.25) is 0 Å². The van der Waals surface area contributed by atoms with Crippen molar-refractivity contribution < 1.29 is 4.42 Å². The van der Waals surface area contributed by atoms with E-state index < -0.39 is 0 Å². The van der Waals surface area contributed by atoms with Gasteiger partial charge in [-0.25, -0.2) is 0 Å². The van der Waals surface area contributed by atoms with E-state index in [1.807, 2.05) is 0 Å². The molecule has 1 aliphatic rings. The third kappa shape index (κ3) is 4.66. The highest BCUT2D eigenvalue weighted by atomic mass is 16.3. The molecular weight excluding hydrogens is 703 g/mol. The van der Waals surface area contributed by atoms with E-state index in [2.05, 4.69) is 192 Å². The van der Waals surface area contributed by atoms with Crippen molar-refractivity contribution in [1.82, 2.24) is 4.40 Å². The zero-order valence-electron chi connectivity index (χ0n) is 31.7. The number of fused-ring (bicyclic) bond motifs is 12. The first-order valence-electron chi connectivity index (χ1n) is 20.3. The molecule has 13 rings (SSSR count). The fourth-order valence-electron chi connectivity index (χ4n) is 9.87. The molecule has 3 aromatic heterocycles. The number of aromatic nitrogens is 1. The van der Waals surface area contributed by atoms with Crippen LogP contribution in [0.25, 0.3) is 121 Å². The molecule has 2 heteroatoms. The lowest BCUT2D eigenvalue weighted by Gasteiger charge is -2.11. The molecule has 3 heterocycles.